The Bertz CT molecular complexity index is 846. The molecule has 0 fully saturated rings. The Morgan fingerprint density at radius 1 is 0.963 bits per heavy atom. The number of para-hydroxylation sites is 1. The lowest BCUT2D eigenvalue weighted by Gasteiger charge is -2.23. The first-order chi connectivity index (χ1) is 13.0. The monoisotopic (exact) mass is 366 g/mol. The van der Waals surface area contributed by atoms with Crippen molar-refractivity contribution in [2.24, 2.45) is 0 Å². The van der Waals surface area contributed by atoms with Crippen molar-refractivity contribution in [1.29, 1.82) is 0 Å². The van der Waals surface area contributed by atoms with Gasteiger partial charge >= 0.3 is 5.97 Å². The normalized spacial score (nSPS) is 13.4. The van der Waals surface area contributed by atoms with Gasteiger partial charge in [-0.3, -0.25) is 14.4 Å². The van der Waals surface area contributed by atoms with Crippen LogP contribution in [0.25, 0.3) is 0 Å². The lowest BCUT2D eigenvalue weighted by Crippen LogP contribution is -2.31. The number of carboxylic acid groups (broad SMARTS) is 1. The number of amides is 2. The zero-order valence-corrected chi connectivity index (χ0v) is 15.0. The minimum absolute atomic E-state index is 0.0619. The molecule has 1 aliphatic rings. The highest BCUT2D eigenvalue weighted by atomic mass is 16.4. The average molecular weight is 366 g/mol. The second-order valence-corrected chi connectivity index (χ2v) is 6.56. The third-order valence-corrected chi connectivity index (χ3v) is 4.59. The molecule has 0 radical (unpaired) electrons. The first-order valence-electron chi connectivity index (χ1n) is 9.06. The predicted molar refractivity (Wildman–Crippen MR) is 103 cm³/mol. The minimum atomic E-state index is -1.01. The van der Waals surface area contributed by atoms with Crippen LogP contribution in [0, 0.1) is 0 Å². The molecule has 2 aromatic carbocycles. The van der Waals surface area contributed by atoms with Crippen LogP contribution in [0.3, 0.4) is 0 Å². The molecule has 2 amide bonds. The largest absolute Gasteiger partial charge is 0.481 e. The number of anilines is 2. The Balaban J connectivity index is 1.71. The Morgan fingerprint density at radius 2 is 1.70 bits per heavy atom. The third kappa shape index (κ3) is 4.73. The van der Waals surface area contributed by atoms with Gasteiger partial charge in [0.25, 0.3) is 5.91 Å². The number of aliphatic carboxylic acids is 1. The quantitative estimate of drug-likeness (QED) is 0.848. The Labute approximate surface area is 157 Å². The number of carbonyl (C=O) groups excluding carboxylic acids is 2. The van der Waals surface area contributed by atoms with Crippen molar-refractivity contribution in [2.45, 2.75) is 32.1 Å². The lowest BCUT2D eigenvalue weighted by molar-refractivity contribution is -0.138. The Kier molecular flexibility index (Phi) is 5.86. The van der Waals surface area contributed by atoms with Crippen LogP contribution >= 0.6 is 0 Å². The molecule has 0 saturated carbocycles. The summed E-state index contributed by atoms with van der Waals surface area (Å²) in [6.45, 7) is 0.684. The molecule has 140 valence electrons. The van der Waals surface area contributed by atoms with Gasteiger partial charge in [0, 0.05) is 29.9 Å². The highest BCUT2D eigenvalue weighted by Gasteiger charge is 2.22. The maximum atomic E-state index is 13.0. The number of rotatable bonds is 5. The van der Waals surface area contributed by atoms with Gasteiger partial charge in [0.05, 0.1) is 6.42 Å². The van der Waals surface area contributed by atoms with Crippen LogP contribution < -0.4 is 10.2 Å². The summed E-state index contributed by atoms with van der Waals surface area (Å²) in [6, 6.07) is 14.7. The number of nitrogens with zero attached hydrogens (tertiary/aromatic N) is 1. The summed E-state index contributed by atoms with van der Waals surface area (Å²) in [6.07, 6.45) is 2.69. The molecule has 0 unspecified atom stereocenters. The molecule has 6 nitrogen and oxygen atoms in total. The van der Waals surface area contributed by atoms with E-state index in [2.05, 4.69) is 11.4 Å². The molecule has 27 heavy (non-hydrogen) atoms. The van der Waals surface area contributed by atoms with Gasteiger partial charge in [-0.15, -0.1) is 0 Å². The first kappa shape index (κ1) is 18.6. The highest BCUT2D eigenvalue weighted by Crippen LogP contribution is 2.27. The maximum Gasteiger partial charge on any atom is 0.303 e. The fourth-order valence-electron chi connectivity index (χ4n) is 3.20. The van der Waals surface area contributed by atoms with Crippen LogP contribution in [0.4, 0.5) is 11.4 Å². The molecule has 0 saturated heterocycles. The summed E-state index contributed by atoms with van der Waals surface area (Å²) in [4.78, 5) is 37.0. The van der Waals surface area contributed by atoms with E-state index in [0.29, 0.717) is 17.8 Å². The molecule has 1 heterocycles. The number of aryl methyl sites for hydroxylation is 1. The van der Waals surface area contributed by atoms with E-state index in [1.807, 2.05) is 23.1 Å². The number of carboxylic acids is 1. The van der Waals surface area contributed by atoms with E-state index in [9.17, 15) is 14.4 Å². The molecule has 3 rings (SSSR count). The highest BCUT2D eigenvalue weighted by molar-refractivity contribution is 6.07. The molecule has 2 N–H and O–H groups in total. The second kappa shape index (κ2) is 8.49. The van der Waals surface area contributed by atoms with Crippen molar-refractivity contribution >= 4 is 29.2 Å². The van der Waals surface area contributed by atoms with Gasteiger partial charge in [-0.2, -0.15) is 0 Å². The van der Waals surface area contributed by atoms with Crippen molar-refractivity contribution < 1.29 is 19.5 Å². The van der Waals surface area contributed by atoms with E-state index in [1.54, 1.807) is 24.3 Å². The molecule has 0 spiro atoms. The van der Waals surface area contributed by atoms with Crippen molar-refractivity contribution in [3.05, 3.63) is 59.7 Å². The van der Waals surface area contributed by atoms with Gasteiger partial charge in [-0.1, -0.05) is 18.2 Å². The standard InChI is InChI=1S/C21H22N2O4/c24-19(12-13-20(25)26)22-17-10-8-16(9-11-17)21(27)23-14-4-3-6-15-5-1-2-7-18(15)23/h1-2,5,7-11H,3-4,6,12-14H2,(H,22,24)(H,25,26). The fourth-order valence-corrected chi connectivity index (χ4v) is 3.20. The van der Waals surface area contributed by atoms with E-state index in [0.717, 1.165) is 24.9 Å². The number of carbonyl (C=O) groups is 3. The summed E-state index contributed by atoms with van der Waals surface area (Å²) >= 11 is 0. The van der Waals surface area contributed by atoms with E-state index >= 15 is 0 Å². The van der Waals surface area contributed by atoms with Gasteiger partial charge in [-0.25, -0.2) is 0 Å². The summed E-state index contributed by atoms with van der Waals surface area (Å²) in [7, 11) is 0. The third-order valence-electron chi connectivity index (χ3n) is 4.59. The fraction of sp³-hybridized carbons (Fsp3) is 0.286. The molecule has 6 heteroatoms. The van der Waals surface area contributed by atoms with Crippen molar-refractivity contribution in [1.82, 2.24) is 0 Å². The molecule has 0 aliphatic carbocycles. The average Bonchev–Trinajstić information content (AvgIpc) is 2.89. The van der Waals surface area contributed by atoms with Crippen LogP contribution in [0.2, 0.25) is 0 Å². The lowest BCUT2D eigenvalue weighted by atomic mass is 10.1. The van der Waals surface area contributed by atoms with Crippen LogP contribution in [0.5, 0.6) is 0 Å². The van der Waals surface area contributed by atoms with E-state index < -0.39 is 5.97 Å². The number of hydrogen-bond acceptors (Lipinski definition) is 3. The number of nitrogens with one attached hydrogen (secondary N) is 1. The molecular formula is C21H22N2O4. The van der Waals surface area contributed by atoms with Crippen molar-refractivity contribution in [2.75, 3.05) is 16.8 Å². The molecule has 2 aromatic rings. The van der Waals surface area contributed by atoms with Gasteiger partial charge < -0.3 is 15.3 Å². The van der Waals surface area contributed by atoms with Gasteiger partial charge in [-0.05, 0) is 55.2 Å². The number of hydrogen-bond donors (Lipinski definition) is 2. The zero-order valence-electron chi connectivity index (χ0n) is 15.0. The van der Waals surface area contributed by atoms with Crippen LogP contribution in [-0.2, 0) is 16.0 Å². The summed E-state index contributed by atoms with van der Waals surface area (Å²) < 4.78 is 0. The van der Waals surface area contributed by atoms with E-state index in [-0.39, 0.29) is 24.7 Å². The summed E-state index contributed by atoms with van der Waals surface area (Å²) in [5.41, 5.74) is 3.24. The van der Waals surface area contributed by atoms with Crippen molar-refractivity contribution in [3.63, 3.8) is 0 Å². The number of benzene rings is 2. The number of fused-ring (bicyclic) bond motifs is 1. The van der Waals surface area contributed by atoms with E-state index in [1.165, 1.54) is 5.56 Å². The molecule has 0 bridgehead atoms. The van der Waals surface area contributed by atoms with E-state index in [4.69, 9.17) is 5.11 Å². The smallest absolute Gasteiger partial charge is 0.303 e. The minimum Gasteiger partial charge on any atom is -0.481 e. The van der Waals surface area contributed by atoms with Gasteiger partial charge in [0.15, 0.2) is 0 Å². The maximum absolute atomic E-state index is 13.0. The van der Waals surface area contributed by atoms with Crippen LogP contribution in [0.1, 0.15) is 41.6 Å². The van der Waals surface area contributed by atoms with Crippen LogP contribution in [0.15, 0.2) is 48.5 Å². The first-order valence-corrected chi connectivity index (χ1v) is 9.06. The molecule has 1 aliphatic heterocycles. The van der Waals surface area contributed by atoms with Gasteiger partial charge in [0.1, 0.15) is 0 Å². The SMILES string of the molecule is O=C(O)CCC(=O)Nc1ccc(C(=O)N2CCCCc3ccccc32)cc1. The van der Waals surface area contributed by atoms with Crippen LogP contribution in [-0.4, -0.2) is 29.4 Å². The van der Waals surface area contributed by atoms with Crippen molar-refractivity contribution in [3.8, 4) is 0 Å². The topological polar surface area (TPSA) is 86.7 Å². The summed E-state index contributed by atoms with van der Waals surface area (Å²) in [5, 5.41) is 11.3. The molecule has 0 aromatic heterocycles. The van der Waals surface area contributed by atoms with Gasteiger partial charge in [0.2, 0.25) is 5.91 Å². The zero-order chi connectivity index (χ0) is 19.2. The predicted octanol–water partition coefficient (Wildman–Crippen LogP) is 3.47. The Hall–Kier alpha value is -3.15. The molecular weight excluding hydrogens is 344 g/mol. The summed E-state index contributed by atoms with van der Waals surface area (Å²) in [5.74, 6) is -1.44. The Morgan fingerprint density at radius 3 is 2.44 bits per heavy atom. The molecule has 0 atom stereocenters. The second-order valence-electron chi connectivity index (χ2n) is 6.56.